The smallest absolute Gasteiger partial charge is 0.268 e. The summed E-state index contributed by atoms with van der Waals surface area (Å²) in [6.07, 6.45) is 7.77. The lowest BCUT2D eigenvalue weighted by Gasteiger charge is -2.46. The van der Waals surface area contributed by atoms with Gasteiger partial charge in [0.2, 0.25) is 5.88 Å². The Kier molecular flexibility index (Phi) is 8.92. The average molecular weight is 642 g/mol. The van der Waals surface area contributed by atoms with Gasteiger partial charge in [-0.3, -0.25) is 9.69 Å². The van der Waals surface area contributed by atoms with Crippen LogP contribution in [0.3, 0.4) is 0 Å². The quantitative estimate of drug-likeness (QED) is 0.249. The molecule has 0 radical (unpaired) electrons. The third kappa shape index (κ3) is 6.76. The minimum absolute atomic E-state index is 0.0971. The molecular formula is C29H34Cl2N8O3Si. The SMILES string of the molecule is CC(C)(C)[Si](C)(C)OC1CN(CC(Oc2ncnc3c2cnn3C2=C(Cl)C=CCC2Cl)C(=O)Nc2ccc(C#N)cn2)C1. The van der Waals surface area contributed by atoms with E-state index in [1.807, 2.05) is 12.1 Å². The van der Waals surface area contributed by atoms with Crippen LogP contribution in [0.25, 0.3) is 16.7 Å². The fourth-order valence-electron chi connectivity index (χ4n) is 4.59. The average Bonchev–Trinajstić information content (AvgIpc) is 3.35. The van der Waals surface area contributed by atoms with Crippen LogP contribution in [0.5, 0.6) is 5.88 Å². The van der Waals surface area contributed by atoms with Crippen LogP contribution in [0.4, 0.5) is 5.82 Å². The Bertz CT molecular complexity index is 1600. The number of nitriles is 1. The first-order chi connectivity index (χ1) is 20.4. The number of allylic oxidation sites excluding steroid dienone is 4. The summed E-state index contributed by atoms with van der Waals surface area (Å²) in [7, 11) is -1.92. The first-order valence-electron chi connectivity index (χ1n) is 14.0. The molecule has 2 aliphatic rings. The van der Waals surface area contributed by atoms with Crippen LogP contribution >= 0.6 is 23.2 Å². The number of amides is 1. The van der Waals surface area contributed by atoms with Gasteiger partial charge >= 0.3 is 0 Å². The number of alkyl halides is 1. The molecule has 3 aromatic heterocycles. The number of anilines is 1. The van der Waals surface area contributed by atoms with Gasteiger partial charge in [-0.1, -0.05) is 38.4 Å². The number of pyridine rings is 1. The van der Waals surface area contributed by atoms with E-state index < -0.39 is 20.3 Å². The van der Waals surface area contributed by atoms with Crippen LogP contribution < -0.4 is 10.1 Å². The molecule has 1 N–H and O–H groups in total. The monoisotopic (exact) mass is 640 g/mol. The molecule has 1 aliphatic carbocycles. The molecule has 0 aromatic carbocycles. The van der Waals surface area contributed by atoms with E-state index in [1.54, 1.807) is 29.1 Å². The van der Waals surface area contributed by atoms with Crippen LogP contribution in [0, 0.1) is 11.3 Å². The number of nitrogens with one attached hydrogen (secondary N) is 1. The predicted octanol–water partition coefficient (Wildman–Crippen LogP) is 5.16. The van der Waals surface area contributed by atoms with Crippen molar-refractivity contribution >= 4 is 60.0 Å². The van der Waals surface area contributed by atoms with Gasteiger partial charge in [0, 0.05) is 25.8 Å². The molecule has 11 nitrogen and oxygen atoms in total. The van der Waals surface area contributed by atoms with Crippen LogP contribution in [0.15, 0.2) is 48.0 Å². The number of likely N-dealkylation sites (tertiary alicyclic amines) is 1. The molecule has 2 atom stereocenters. The van der Waals surface area contributed by atoms with Crippen LogP contribution in [0.1, 0.15) is 32.8 Å². The van der Waals surface area contributed by atoms with Gasteiger partial charge in [0.05, 0.1) is 34.0 Å². The summed E-state index contributed by atoms with van der Waals surface area (Å²) in [5, 5.41) is 17.1. The summed E-state index contributed by atoms with van der Waals surface area (Å²) < 4.78 is 14.4. The molecule has 43 heavy (non-hydrogen) atoms. The Hall–Kier alpha value is -3.34. The van der Waals surface area contributed by atoms with Gasteiger partial charge in [-0.15, -0.1) is 11.6 Å². The molecule has 0 saturated carbocycles. The Morgan fingerprint density at radius 1 is 1.23 bits per heavy atom. The summed E-state index contributed by atoms with van der Waals surface area (Å²) in [6, 6.07) is 5.18. The molecule has 226 valence electrons. The van der Waals surface area contributed by atoms with E-state index in [2.05, 4.69) is 64.1 Å². The van der Waals surface area contributed by atoms with Gasteiger partial charge in [0.25, 0.3) is 5.91 Å². The number of carbonyl (C=O) groups excluding carboxylic acids is 1. The summed E-state index contributed by atoms with van der Waals surface area (Å²) in [6.45, 7) is 12.8. The molecule has 1 amide bonds. The zero-order chi connectivity index (χ0) is 30.9. The maximum atomic E-state index is 13.6. The number of hydrogen-bond donors (Lipinski definition) is 1. The molecule has 0 bridgehead atoms. The molecule has 5 rings (SSSR count). The minimum atomic E-state index is -1.92. The Morgan fingerprint density at radius 3 is 2.65 bits per heavy atom. The van der Waals surface area contributed by atoms with Crippen molar-refractivity contribution in [3.8, 4) is 11.9 Å². The second kappa shape index (κ2) is 12.3. The highest BCUT2D eigenvalue weighted by atomic mass is 35.5. The van der Waals surface area contributed by atoms with E-state index in [-0.39, 0.29) is 22.4 Å². The molecule has 14 heteroatoms. The predicted molar refractivity (Wildman–Crippen MR) is 168 cm³/mol. The van der Waals surface area contributed by atoms with Crippen molar-refractivity contribution in [2.75, 3.05) is 25.0 Å². The van der Waals surface area contributed by atoms with Crippen LogP contribution in [0.2, 0.25) is 18.1 Å². The van der Waals surface area contributed by atoms with Crippen molar-refractivity contribution in [3.05, 3.63) is 53.6 Å². The van der Waals surface area contributed by atoms with E-state index in [1.165, 1.54) is 12.5 Å². The maximum Gasteiger partial charge on any atom is 0.268 e. The minimum Gasteiger partial charge on any atom is -0.462 e. The third-order valence-electron chi connectivity index (χ3n) is 8.01. The summed E-state index contributed by atoms with van der Waals surface area (Å²) in [4.78, 5) is 28.6. The van der Waals surface area contributed by atoms with Crippen molar-refractivity contribution in [3.63, 3.8) is 0 Å². The summed E-state index contributed by atoms with van der Waals surface area (Å²) in [5.74, 6) is 0.100. The number of fused-ring (bicyclic) bond motifs is 1. The van der Waals surface area contributed by atoms with E-state index in [9.17, 15) is 4.79 Å². The second-order valence-electron chi connectivity index (χ2n) is 12.2. The topological polar surface area (TPSA) is 131 Å². The zero-order valence-electron chi connectivity index (χ0n) is 24.7. The largest absolute Gasteiger partial charge is 0.462 e. The van der Waals surface area contributed by atoms with Gasteiger partial charge in [-0.05, 0) is 42.8 Å². The number of rotatable bonds is 9. The highest BCUT2D eigenvalue weighted by Crippen LogP contribution is 2.38. The molecule has 0 spiro atoms. The Balaban J connectivity index is 1.37. The summed E-state index contributed by atoms with van der Waals surface area (Å²) >= 11 is 13.0. The fourth-order valence-corrected chi connectivity index (χ4v) is 6.59. The van der Waals surface area contributed by atoms with Crippen molar-refractivity contribution in [1.82, 2.24) is 29.6 Å². The van der Waals surface area contributed by atoms with Crippen LogP contribution in [-0.4, -0.2) is 81.1 Å². The van der Waals surface area contributed by atoms with E-state index in [0.29, 0.717) is 59.2 Å². The standard InChI is InChI=1S/C29H34Cl2N8O3Si/c1-29(2,3)43(4,5)42-19-14-38(15-19)16-23(27(40)37-24-10-9-18(11-32)12-33-24)41-28-20-13-36-39(26(20)34-17-35-28)25-21(30)7-6-8-22(25)31/h6-7,9-10,12-13,17,19,22-23H,8,14-16H2,1-5H3,(H,33,37,40). The van der Waals surface area contributed by atoms with Gasteiger partial charge in [-0.25, -0.2) is 19.6 Å². The molecule has 2 unspecified atom stereocenters. The third-order valence-corrected chi connectivity index (χ3v) is 13.3. The number of aromatic nitrogens is 5. The Labute approximate surface area is 261 Å². The zero-order valence-corrected chi connectivity index (χ0v) is 27.2. The summed E-state index contributed by atoms with van der Waals surface area (Å²) in [5.41, 5.74) is 1.46. The van der Waals surface area contributed by atoms with Gasteiger partial charge < -0.3 is 14.5 Å². The maximum absolute atomic E-state index is 13.6. The van der Waals surface area contributed by atoms with Crippen molar-refractivity contribution in [2.24, 2.45) is 0 Å². The van der Waals surface area contributed by atoms with Gasteiger partial charge in [0.1, 0.15) is 23.6 Å². The Morgan fingerprint density at radius 2 is 2.00 bits per heavy atom. The number of hydrogen-bond acceptors (Lipinski definition) is 9. The first-order valence-corrected chi connectivity index (χ1v) is 17.7. The highest BCUT2D eigenvalue weighted by molar-refractivity contribution is 6.74. The molecule has 3 aromatic rings. The number of ether oxygens (including phenoxy) is 1. The first kappa shape index (κ1) is 31.1. The lowest BCUT2D eigenvalue weighted by molar-refractivity contribution is -0.125. The van der Waals surface area contributed by atoms with E-state index >= 15 is 0 Å². The second-order valence-corrected chi connectivity index (χ2v) is 17.9. The lowest BCUT2D eigenvalue weighted by Crippen LogP contribution is -2.60. The molecule has 1 aliphatic heterocycles. The van der Waals surface area contributed by atoms with Gasteiger partial charge in [-0.2, -0.15) is 10.4 Å². The molecule has 1 saturated heterocycles. The van der Waals surface area contributed by atoms with Crippen molar-refractivity contribution in [2.45, 2.75) is 62.9 Å². The normalized spacial score (nSPS) is 18.8. The number of carbonyl (C=O) groups is 1. The molecular weight excluding hydrogens is 607 g/mol. The van der Waals surface area contributed by atoms with Crippen molar-refractivity contribution in [1.29, 1.82) is 5.26 Å². The van der Waals surface area contributed by atoms with E-state index in [0.717, 1.165) is 0 Å². The van der Waals surface area contributed by atoms with E-state index in [4.69, 9.17) is 37.6 Å². The number of nitrogens with zero attached hydrogens (tertiary/aromatic N) is 7. The van der Waals surface area contributed by atoms with Gasteiger partial charge in [0.15, 0.2) is 20.1 Å². The molecule has 4 heterocycles. The van der Waals surface area contributed by atoms with Crippen LogP contribution in [-0.2, 0) is 9.22 Å². The molecule has 1 fully saturated rings. The van der Waals surface area contributed by atoms with Crippen molar-refractivity contribution < 1.29 is 14.0 Å². The highest BCUT2D eigenvalue weighted by Gasteiger charge is 2.42. The fraction of sp³-hybridized carbons (Fsp3) is 0.448. The number of halogens is 2. The lowest BCUT2D eigenvalue weighted by atomic mass is 10.1.